The van der Waals surface area contributed by atoms with Gasteiger partial charge in [-0.05, 0) is 53.0 Å². The minimum atomic E-state index is -3.98. The van der Waals surface area contributed by atoms with Crippen molar-refractivity contribution in [3.8, 4) is 0 Å². The summed E-state index contributed by atoms with van der Waals surface area (Å²) in [7, 11) is -3.98. The van der Waals surface area contributed by atoms with E-state index in [1.54, 1.807) is 18.2 Å². The molecule has 0 unspecified atom stereocenters. The summed E-state index contributed by atoms with van der Waals surface area (Å²) >= 11 is 6.01. The Hall–Kier alpha value is -1.98. The van der Waals surface area contributed by atoms with E-state index >= 15 is 0 Å². The van der Waals surface area contributed by atoms with Gasteiger partial charge in [-0.25, -0.2) is 17.2 Å². The molecule has 6 heteroatoms. The largest absolute Gasteiger partial charge is 0.224 e. The molecule has 0 fully saturated rings. The van der Waals surface area contributed by atoms with Crippen LogP contribution in [0.2, 0.25) is 5.02 Å². The molecule has 24 heavy (non-hydrogen) atoms. The Morgan fingerprint density at radius 3 is 2.08 bits per heavy atom. The molecule has 0 saturated carbocycles. The maximum Gasteiger partial charge on any atom is 0.181 e. The maximum atomic E-state index is 14.2. The second-order valence-corrected chi connectivity index (χ2v) is 7.91. The van der Waals surface area contributed by atoms with Crippen LogP contribution in [0.5, 0.6) is 0 Å². The summed E-state index contributed by atoms with van der Waals surface area (Å²) in [4.78, 5) is -0.905. The highest BCUT2D eigenvalue weighted by molar-refractivity contribution is 7.90. The monoisotopic (exact) mass is 366 g/mol. The van der Waals surface area contributed by atoms with Gasteiger partial charge in [0.2, 0.25) is 0 Å². The van der Waals surface area contributed by atoms with Crippen LogP contribution in [0, 0.1) is 11.6 Å². The first-order chi connectivity index (χ1) is 11.3. The Balaban J connectivity index is 2.09. The topological polar surface area (TPSA) is 34.1 Å². The number of allylic oxidation sites excluding steroid dienone is 4. The summed E-state index contributed by atoms with van der Waals surface area (Å²) in [6, 6.07) is 9.26. The number of hydrogen-bond donors (Lipinski definition) is 0. The smallest absolute Gasteiger partial charge is 0.181 e. The summed E-state index contributed by atoms with van der Waals surface area (Å²) in [6.45, 7) is 0. The number of halogens is 3. The van der Waals surface area contributed by atoms with E-state index in [2.05, 4.69) is 0 Å². The van der Waals surface area contributed by atoms with Crippen LogP contribution in [0.4, 0.5) is 8.78 Å². The van der Waals surface area contributed by atoms with E-state index in [1.807, 2.05) is 18.2 Å². The molecule has 2 aromatic rings. The lowest BCUT2D eigenvalue weighted by molar-refractivity contribution is 0.521. The van der Waals surface area contributed by atoms with Crippen molar-refractivity contribution in [3.63, 3.8) is 0 Å². The van der Waals surface area contributed by atoms with Crippen molar-refractivity contribution in [2.24, 2.45) is 0 Å². The van der Waals surface area contributed by atoms with Gasteiger partial charge < -0.3 is 0 Å². The molecule has 0 radical (unpaired) electrons. The molecule has 0 aromatic heterocycles. The van der Waals surface area contributed by atoms with Crippen LogP contribution >= 0.6 is 11.6 Å². The van der Waals surface area contributed by atoms with Crippen molar-refractivity contribution in [1.82, 2.24) is 0 Å². The van der Waals surface area contributed by atoms with E-state index in [-0.39, 0.29) is 0 Å². The molecule has 2 aromatic carbocycles. The molecule has 0 atom stereocenters. The molecule has 0 N–H and O–H groups in total. The standard InChI is InChI=1S/C18H13ClF2O2S/c1-24(22,23)18-16(20)9-12(10-17(18)21)15-7-3-6-14(15)11-4-2-5-13(19)8-11/h2,4-10H,3H2,1H3. The molecule has 0 saturated heterocycles. The zero-order chi connectivity index (χ0) is 17.5. The molecule has 1 aliphatic rings. The van der Waals surface area contributed by atoms with Crippen molar-refractivity contribution in [3.05, 3.63) is 76.3 Å². The minimum absolute atomic E-state index is 0.293. The molecular weight excluding hydrogens is 354 g/mol. The molecule has 0 amide bonds. The highest BCUT2D eigenvalue weighted by Crippen LogP contribution is 2.38. The first-order valence-corrected chi connectivity index (χ1v) is 9.40. The van der Waals surface area contributed by atoms with E-state index < -0.39 is 26.4 Å². The summed E-state index contributed by atoms with van der Waals surface area (Å²) in [5, 5.41) is 0.560. The Bertz CT molecular complexity index is 969. The second-order valence-electron chi connectivity index (χ2n) is 5.52. The first-order valence-electron chi connectivity index (χ1n) is 7.13. The zero-order valence-corrected chi connectivity index (χ0v) is 14.3. The van der Waals surface area contributed by atoms with Crippen LogP contribution in [-0.4, -0.2) is 14.7 Å². The Labute approximate surface area is 144 Å². The van der Waals surface area contributed by atoms with E-state index in [4.69, 9.17) is 11.6 Å². The fourth-order valence-electron chi connectivity index (χ4n) is 2.79. The van der Waals surface area contributed by atoms with Crippen molar-refractivity contribution in [2.75, 3.05) is 6.26 Å². The number of benzene rings is 2. The van der Waals surface area contributed by atoms with Gasteiger partial charge >= 0.3 is 0 Å². The lowest BCUT2D eigenvalue weighted by Gasteiger charge is -2.12. The van der Waals surface area contributed by atoms with Gasteiger partial charge in [0, 0.05) is 11.3 Å². The van der Waals surface area contributed by atoms with Gasteiger partial charge in [-0.3, -0.25) is 0 Å². The summed E-state index contributed by atoms with van der Waals surface area (Å²) in [5.74, 6) is -2.18. The summed E-state index contributed by atoms with van der Waals surface area (Å²) in [5.41, 5.74) is 2.58. The minimum Gasteiger partial charge on any atom is -0.224 e. The van der Waals surface area contributed by atoms with Crippen LogP contribution in [-0.2, 0) is 9.84 Å². The Kier molecular flexibility index (Phi) is 4.32. The van der Waals surface area contributed by atoms with E-state index in [0.717, 1.165) is 29.5 Å². The van der Waals surface area contributed by atoms with Gasteiger partial charge in [-0.2, -0.15) is 0 Å². The van der Waals surface area contributed by atoms with Gasteiger partial charge in [0.05, 0.1) is 0 Å². The van der Waals surface area contributed by atoms with Crippen molar-refractivity contribution >= 4 is 32.6 Å². The van der Waals surface area contributed by atoms with Crippen LogP contribution in [0.25, 0.3) is 11.1 Å². The summed E-state index contributed by atoms with van der Waals surface area (Å²) in [6.07, 6.45) is 5.17. The normalized spacial score (nSPS) is 14.5. The van der Waals surface area contributed by atoms with Crippen molar-refractivity contribution in [1.29, 1.82) is 0 Å². The number of sulfone groups is 1. The van der Waals surface area contributed by atoms with Gasteiger partial charge in [0.1, 0.15) is 16.5 Å². The van der Waals surface area contributed by atoms with Crippen molar-refractivity contribution < 1.29 is 17.2 Å². The highest BCUT2D eigenvalue weighted by Gasteiger charge is 2.23. The predicted octanol–water partition coefficient (Wildman–Crippen LogP) is 4.89. The average molecular weight is 367 g/mol. The molecule has 1 aliphatic carbocycles. The molecule has 2 nitrogen and oxygen atoms in total. The van der Waals surface area contributed by atoms with E-state index in [0.29, 0.717) is 22.6 Å². The third-order valence-electron chi connectivity index (χ3n) is 3.75. The third kappa shape index (κ3) is 3.14. The van der Waals surface area contributed by atoms with Gasteiger partial charge in [-0.15, -0.1) is 0 Å². The van der Waals surface area contributed by atoms with Crippen molar-refractivity contribution in [2.45, 2.75) is 11.3 Å². The maximum absolute atomic E-state index is 14.2. The Morgan fingerprint density at radius 1 is 0.958 bits per heavy atom. The van der Waals surface area contributed by atoms with Gasteiger partial charge in [0.15, 0.2) is 9.84 Å². The number of rotatable bonds is 3. The average Bonchev–Trinajstić information content (AvgIpc) is 2.94. The molecule has 3 rings (SSSR count). The van der Waals surface area contributed by atoms with Crippen LogP contribution < -0.4 is 0 Å². The third-order valence-corrected chi connectivity index (χ3v) is 5.12. The van der Waals surface area contributed by atoms with Crippen LogP contribution in [0.15, 0.2) is 53.4 Å². The predicted molar refractivity (Wildman–Crippen MR) is 91.5 cm³/mol. The van der Waals surface area contributed by atoms with Gasteiger partial charge in [0.25, 0.3) is 0 Å². The summed E-state index contributed by atoms with van der Waals surface area (Å²) < 4.78 is 51.4. The van der Waals surface area contributed by atoms with Crippen LogP contribution in [0.1, 0.15) is 17.5 Å². The number of hydrogen-bond acceptors (Lipinski definition) is 2. The zero-order valence-electron chi connectivity index (χ0n) is 12.7. The SMILES string of the molecule is CS(=O)(=O)c1c(F)cc(C2=CCC=C2c2cccc(Cl)c2)cc1F. The lowest BCUT2D eigenvalue weighted by atomic mass is 9.95. The van der Waals surface area contributed by atoms with Crippen LogP contribution in [0.3, 0.4) is 0 Å². The Morgan fingerprint density at radius 2 is 1.54 bits per heavy atom. The highest BCUT2D eigenvalue weighted by atomic mass is 35.5. The van der Waals surface area contributed by atoms with E-state index in [1.165, 1.54) is 0 Å². The molecule has 0 spiro atoms. The first kappa shape index (κ1) is 16.9. The fourth-order valence-corrected chi connectivity index (χ4v) is 3.80. The molecule has 0 bridgehead atoms. The van der Waals surface area contributed by atoms with Gasteiger partial charge in [-0.1, -0.05) is 35.9 Å². The van der Waals surface area contributed by atoms with E-state index in [9.17, 15) is 17.2 Å². The molecule has 0 aliphatic heterocycles. The second kappa shape index (κ2) is 6.15. The fraction of sp³-hybridized carbons (Fsp3) is 0.111. The quantitative estimate of drug-likeness (QED) is 0.774. The molecular formula is C18H13ClF2O2S. The lowest BCUT2D eigenvalue weighted by Crippen LogP contribution is -2.05. The molecule has 0 heterocycles. The molecule has 124 valence electrons.